The first-order chi connectivity index (χ1) is 19.8. The smallest absolute Gasteiger partial charge is 0.393 e. The summed E-state index contributed by atoms with van der Waals surface area (Å²) < 4.78 is 17.2. The summed E-state index contributed by atoms with van der Waals surface area (Å²) in [6.45, 7) is 6.93. The van der Waals surface area contributed by atoms with Gasteiger partial charge in [0.25, 0.3) is 0 Å². The molecule has 0 radical (unpaired) electrons. The molecule has 4 atom stereocenters. The fraction of sp³-hybridized carbons (Fsp3) is 0.500. The Morgan fingerprint density at radius 3 is 2.54 bits per heavy atom. The van der Waals surface area contributed by atoms with E-state index in [4.69, 9.17) is 14.2 Å². The van der Waals surface area contributed by atoms with Crippen molar-refractivity contribution < 1.29 is 33.4 Å². The minimum atomic E-state index is -1.37. The second-order valence-electron chi connectivity index (χ2n) is 10.5. The molecule has 3 heterocycles. The Morgan fingerprint density at radius 2 is 1.88 bits per heavy atom. The Bertz CT molecular complexity index is 1330. The number of imide groups is 1. The highest BCUT2D eigenvalue weighted by Crippen LogP contribution is 2.57. The number of fused-ring (bicyclic) bond motifs is 5. The van der Waals surface area contributed by atoms with E-state index in [0.29, 0.717) is 31.5 Å². The van der Waals surface area contributed by atoms with E-state index in [1.807, 2.05) is 57.2 Å². The standard InChI is InChI=1S/C30H36N4O7/c1-5-19-20-13-14-21-22(25(36)32-24(21)35)23(20)30(17-18-11-9-8-10-12-18)27(31-15-16-39-4)41-29(38)34(30)26(19)40-28(37)33(6-2)7-3/h8-13,21-23H,5-7,14-17H2,1-4H3,(H,32,35,36)/t21?,22?,23?,30-/m0/s1. The van der Waals surface area contributed by atoms with E-state index in [0.717, 1.165) is 11.1 Å². The molecule has 4 amide bonds. The van der Waals surface area contributed by atoms with Crippen molar-refractivity contribution in [2.45, 2.75) is 45.6 Å². The number of amides is 4. The van der Waals surface area contributed by atoms with E-state index in [2.05, 4.69) is 10.3 Å². The van der Waals surface area contributed by atoms with Crippen LogP contribution in [0.3, 0.4) is 0 Å². The van der Waals surface area contributed by atoms with Gasteiger partial charge in [0.15, 0.2) is 0 Å². The van der Waals surface area contributed by atoms with Gasteiger partial charge < -0.3 is 19.1 Å². The number of carbonyl (C=O) groups is 4. The molecule has 0 bridgehead atoms. The van der Waals surface area contributed by atoms with E-state index in [-0.39, 0.29) is 37.3 Å². The van der Waals surface area contributed by atoms with E-state index in [1.54, 1.807) is 7.11 Å². The largest absolute Gasteiger partial charge is 0.424 e. The number of cyclic esters (lactones) is 1. The quantitative estimate of drug-likeness (QED) is 0.360. The first-order valence-electron chi connectivity index (χ1n) is 14.2. The number of allylic oxidation sites excluding steroid dienone is 2. The van der Waals surface area contributed by atoms with Crippen LogP contribution in [0.15, 0.2) is 58.4 Å². The number of methoxy groups -OCH3 is 1. The minimum absolute atomic E-state index is 0.0768. The summed E-state index contributed by atoms with van der Waals surface area (Å²) in [4.78, 5) is 61.2. The maximum atomic E-state index is 13.9. The number of carbonyl (C=O) groups excluding carboxylic acids is 4. The van der Waals surface area contributed by atoms with Crippen LogP contribution in [-0.4, -0.2) is 78.6 Å². The minimum Gasteiger partial charge on any atom is -0.393 e. The monoisotopic (exact) mass is 564 g/mol. The number of aliphatic imine (C=N–C) groups is 1. The summed E-state index contributed by atoms with van der Waals surface area (Å²) in [6, 6.07) is 9.51. The third-order valence-electron chi connectivity index (χ3n) is 8.49. The molecule has 3 unspecified atom stereocenters. The number of hydrogen-bond acceptors (Lipinski definition) is 8. The molecule has 0 saturated carbocycles. The van der Waals surface area contributed by atoms with E-state index in [9.17, 15) is 19.2 Å². The van der Waals surface area contributed by atoms with E-state index in [1.165, 1.54) is 9.80 Å². The van der Waals surface area contributed by atoms with Crippen LogP contribution in [0, 0.1) is 17.8 Å². The molecule has 3 aliphatic heterocycles. The lowest BCUT2D eigenvalue weighted by molar-refractivity contribution is -0.126. The molecule has 1 aromatic carbocycles. The van der Waals surface area contributed by atoms with Crippen LogP contribution < -0.4 is 5.32 Å². The van der Waals surface area contributed by atoms with E-state index < -0.39 is 41.4 Å². The van der Waals surface area contributed by atoms with Gasteiger partial charge >= 0.3 is 12.2 Å². The topological polar surface area (TPSA) is 127 Å². The van der Waals surface area contributed by atoms with Crippen LogP contribution >= 0.6 is 0 Å². The predicted molar refractivity (Wildman–Crippen MR) is 148 cm³/mol. The van der Waals surface area contributed by atoms with Crippen LogP contribution in [-0.2, 0) is 30.2 Å². The van der Waals surface area contributed by atoms with Crippen molar-refractivity contribution >= 4 is 29.9 Å². The molecule has 1 N–H and O–H groups in total. The normalized spacial score (nSPS) is 27.7. The van der Waals surface area contributed by atoms with Crippen molar-refractivity contribution in [2.75, 3.05) is 33.4 Å². The fourth-order valence-corrected chi connectivity index (χ4v) is 6.66. The van der Waals surface area contributed by atoms with Crippen molar-refractivity contribution in [1.82, 2.24) is 15.1 Å². The van der Waals surface area contributed by atoms with Gasteiger partial charge in [-0.3, -0.25) is 19.9 Å². The molecule has 11 heteroatoms. The van der Waals surface area contributed by atoms with Gasteiger partial charge in [-0.15, -0.1) is 0 Å². The van der Waals surface area contributed by atoms with Gasteiger partial charge in [-0.2, -0.15) is 0 Å². The van der Waals surface area contributed by atoms with Gasteiger partial charge in [-0.05, 0) is 37.8 Å². The molecule has 1 aromatic rings. The summed E-state index contributed by atoms with van der Waals surface area (Å²) >= 11 is 0. The maximum absolute atomic E-state index is 13.9. The van der Waals surface area contributed by atoms with Crippen molar-refractivity contribution in [2.24, 2.45) is 22.7 Å². The first-order valence-corrected chi connectivity index (χ1v) is 14.2. The van der Waals surface area contributed by atoms with Gasteiger partial charge in [0.05, 0.1) is 25.0 Å². The highest BCUT2D eigenvalue weighted by molar-refractivity contribution is 6.09. The molecular weight excluding hydrogens is 528 g/mol. The van der Waals surface area contributed by atoms with Crippen molar-refractivity contribution in [3.63, 3.8) is 0 Å². The molecule has 41 heavy (non-hydrogen) atoms. The third kappa shape index (κ3) is 4.61. The van der Waals surface area contributed by atoms with Crippen LogP contribution in [0.5, 0.6) is 0 Å². The Hall–Kier alpha value is -3.99. The second kappa shape index (κ2) is 11.5. The highest BCUT2D eigenvalue weighted by atomic mass is 16.6. The number of nitrogens with one attached hydrogen (secondary N) is 1. The van der Waals surface area contributed by atoms with Gasteiger partial charge in [-0.1, -0.05) is 43.3 Å². The van der Waals surface area contributed by atoms with Crippen molar-refractivity contribution in [3.05, 3.63) is 59.0 Å². The molecule has 2 fully saturated rings. The fourth-order valence-electron chi connectivity index (χ4n) is 6.66. The molecule has 4 aliphatic rings. The van der Waals surface area contributed by atoms with Crippen LogP contribution in [0.4, 0.5) is 9.59 Å². The molecule has 5 rings (SSSR count). The zero-order valence-electron chi connectivity index (χ0n) is 23.8. The average Bonchev–Trinajstić information content (AvgIpc) is 3.41. The maximum Gasteiger partial charge on any atom is 0.424 e. The number of benzene rings is 1. The highest BCUT2D eigenvalue weighted by Gasteiger charge is 2.69. The Labute approximate surface area is 239 Å². The molecule has 0 aromatic heterocycles. The lowest BCUT2D eigenvalue weighted by Gasteiger charge is -2.50. The average molecular weight is 565 g/mol. The van der Waals surface area contributed by atoms with Crippen LogP contribution in [0.25, 0.3) is 0 Å². The number of ether oxygens (including phenoxy) is 3. The van der Waals surface area contributed by atoms with Gasteiger partial charge in [-0.25, -0.2) is 14.5 Å². The molecule has 1 aliphatic carbocycles. The van der Waals surface area contributed by atoms with Crippen molar-refractivity contribution in [3.8, 4) is 0 Å². The summed E-state index contributed by atoms with van der Waals surface area (Å²) in [5.41, 5.74) is 0.877. The lowest BCUT2D eigenvalue weighted by Crippen LogP contribution is -2.63. The van der Waals surface area contributed by atoms with Gasteiger partial charge in [0.1, 0.15) is 5.54 Å². The van der Waals surface area contributed by atoms with Gasteiger partial charge in [0, 0.05) is 38.1 Å². The Kier molecular flexibility index (Phi) is 7.99. The Morgan fingerprint density at radius 1 is 1.15 bits per heavy atom. The molecule has 218 valence electrons. The summed E-state index contributed by atoms with van der Waals surface area (Å²) in [7, 11) is 1.55. The molecule has 2 saturated heterocycles. The molecular formula is C30H36N4O7. The Balaban J connectivity index is 1.79. The van der Waals surface area contributed by atoms with E-state index >= 15 is 0 Å². The van der Waals surface area contributed by atoms with Gasteiger partial charge in [0.2, 0.25) is 23.6 Å². The van der Waals surface area contributed by atoms with Crippen LogP contribution in [0.1, 0.15) is 39.2 Å². The summed E-state index contributed by atoms with van der Waals surface area (Å²) in [5, 5.41) is 2.51. The zero-order chi connectivity index (χ0) is 29.3. The first kappa shape index (κ1) is 28.5. The third-order valence-corrected chi connectivity index (χ3v) is 8.49. The zero-order valence-corrected chi connectivity index (χ0v) is 23.8. The van der Waals surface area contributed by atoms with Crippen molar-refractivity contribution in [1.29, 1.82) is 0 Å². The molecule has 0 spiro atoms. The summed E-state index contributed by atoms with van der Waals surface area (Å²) in [6.07, 6.45) is 1.58. The van der Waals surface area contributed by atoms with Crippen LogP contribution in [0.2, 0.25) is 0 Å². The number of nitrogens with zero attached hydrogens (tertiary/aromatic N) is 3. The predicted octanol–water partition coefficient (Wildman–Crippen LogP) is 3.41. The summed E-state index contributed by atoms with van der Waals surface area (Å²) in [5.74, 6) is -2.58. The SMILES string of the molecule is CCC1=C(OC(=O)N(CC)CC)N2C(=O)OC(=NCCOC)[C@]2(Cc2ccccc2)C2C1=CCC1C(=O)NC(=O)C12. The second-order valence-corrected chi connectivity index (χ2v) is 10.5. The lowest BCUT2D eigenvalue weighted by atomic mass is 9.59. The number of hydrogen-bond donors (Lipinski definition) is 1. The molecule has 11 nitrogen and oxygen atoms in total. The number of rotatable bonds is 9.